The van der Waals surface area contributed by atoms with E-state index >= 15 is 0 Å². The predicted octanol–water partition coefficient (Wildman–Crippen LogP) is 2.27. The fourth-order valence-electron chi connectivity index (χ4n) is 8.83. The van der Waals surface area contributed by atoms with Crippen molar-refractivity contribution in [3.05, 3.63) is 23.8 Å². The summed E-state index contributed by atoms with van der Waals surface area (Å²) in [5.74, 6) is -1.38. The second kappa shape index (κ2) is 8.99. The maximum atomic E-state index is 13.3. The second-order valence-electron chi connectivity index (χ2n) is 13.3. The third kappa shape index (κ3) is 3.88. The smallest absolute Gasteiger partial charge is 0.159 e. The van der Waals surface area contributed by atoms with E-state index in [1.807, 2.05) is 13.8 Å². The van der Waals surface area contributed by atoms with E-state index in [9.17, 15) is 35.4 Å². The fraction of sp³-hybridized carbons (Fsp3) is 0.828. The third-order valence-electron chi connectivity index (χ3n) is 11.2. The predicted molar refractivity (Wildman–Crippen MR) is 136 cm³/mol. The maximum Gasteiger partial charge on any atom is 0.159 e. The Morgan fingerprint density at radius 1 is 1.17 bits per heavy atom. The topological polar surface area (TPSA) is 138 Å². The Bertz CT molecular complexity index is 940. The quantitative estimate of drug-likeness (QED) is 0.304. The van der Waals surface area contributed by atoms with Gasteiger partial charge < -0.3 is 30.6 Å². The number of carbonyl (C=O) groups is 1. The zero-order valence-electron chi connectivity index (χ0n) is 22.4. The molecule has 12 atom stereocenters. The molecule has 7 nitrogen and oxygen atoms in total. The minimum atomic E-state index is -1.52. The Kier molecular flexibility index (Phi) is 6.98. The molecule has 0 bridgehead atoms. The second-order valence-corrected chi connectivity index (χ2v) is 13.3. The van der Waals surface area contributed by atoms with Crippen molar-refractivity contribution in [2.24, 2.45) is 34.5 Å². The number of carbonyl (C=O) groups excluding carboxylic acids is 1. The van der Waals surface area contributed by atoms with Crippen LogP contribution in [0.4, 0.5) is 0 Å². The average Bonchev–Trinajstić information content (AvgIpc) is 3.05. The molecule has 36 heavy (non-hydrogen) atoms. The highest BCUT2D eigenvalue weighted by Gasteiger charge is 2.69. The van der Waals surface area contributed by atoms with Gasteiger partial charge in [-0.05, 0) is 94.6 Å². The molecule has 0 aromatic carbocycles. The van der Waals surface area contributed by atoms with Gasteiger partial charge in [0.1, 0.15) is 0 Å². The van der Waals surface area contributed by atoms with Gasteiger partial charge >= 0.3 is 0 Å². The van der Waals surface area contributed by atoms with Crippen molar-refractivity contribution in [2.75, 3.05) is 0 Å². The van der Waals surface area contributed by atoms with Crippen LogP contribution in [-0.2, 0) is 4.79 Å². The van der Waals surface area contributed by atoms with Crippen molar-refractivity contribution in [3.63, 3.8) is 0 Å². The van der Waals surface area contributed by atoms with Crippen LogP contribution in [0, 0.1) is 34.5 Å². The minimum Gasteiger partial charge on any atom is -0.393 e. The molecule has 6 N–H and O–H groups in total. The first-order chi connectivity index (χ1) is 16.5. The monoisotopic (exact) mass is 506 g/mol. The zero-order chi connectivity index (χ0) is 27.0. The van der Waals surface area contributed by atoms with Crippen LogP contribution in [0.3, 0.4) is 0 Å². The summed E-state index contributed by atoms with van der Waals surface area (Å²) in [5.41, 5.74) is -2.72. The number of aliphatic hydroxyl groups excluding tert-OH is 4. The molecule has 0 amide bonds. The summed E-state index contributed by atoms with van der Waals surface area (Å²) in [5, 5.41) is 66.2. The average molecular weight is 507 g/mol. The minimum absolute atomic E-state index is 0.0999. The zero-order valence-corrected chi connectivity index (χ0v) is 22.4. The van der Waals surface area contributed by atoms with Gasteiger partial charge in [-0.25, -0.2) is 0 Å². The van der Waals surface area contributed by atoms with Crippen LogP contribution in [0.15, 0.2) is 23.8 Å². The molecular formula is C29H46O7. The Balaban J connectivity index is 1.67. The first kappa shape index (κ1) is 27.9. The molecule has 4 rings (SSSR count). The van der Waals surface area contributed by atoms with Crippen molar-refractivity contribution in [1.29, 1.82) is 0 Å². The Hall–Kier alpha value is -1.09. The molecular weight excluding hydrogens is 460 g/mol. The van der Waals surface area contributed by atoms with E-state index in [0.717, 1.165) is 5.57 Å². The molecule has 0 heterocycles. The molecule has 204 valence electrons. The van der Waals surface area contributed by atoms with Gasteiger partial charge in [0.2, 0.25) is 0 Å². The van der Waals surface area contributed by atoms with Gasteiger partial charge in [0.15, 0.2) is 5.78 Å². The van der Waals surface area contributed by atoms with Gasteiger partial charge in [0.25, 0.3) is 0 Å². The standard InChI is InChI=1S/C29H46O7/c1-15(2)17(16(3)30)11-25(34)28(6,35)24-8-10-29(36)19-12-21(31)20-13-22(32)23(33)14-26(20,4)18(19)7-9-27(24,29)5/h12,16-18,20,22-25,30,32-36H,1,7-11,13-14H2,2-6H3/t16-,17-,18-,20-,22+,23-,24+,25+,26+,27+,28+,29+/m0/s1. The number of rotatable bonds is 6. The van der Waals surface area contributed by atoms with Gasteiger partial charge in [-0.2, -0.15) is 0 Å². The molecule has 0 spiro atoms. The van der Waals surface area contributed by atoms with Crippen LogP contribution in [-0.4, -0.2) is 72.0 Å². The molecule has 3 saturated carbocycles. The number of allylic oxidation sites excluding steroid dienone is 1. The Morgan fingerprint density at radius 2 is 1.81 bits per heavy atom. The lowest BCUT2D eigenvalue weighted by atomic mass is 9.45. The summed E-state index contributed by atoms with van der Waals surface area (Å²) in [6, 6.07) is 0. The highest BCUT2D eigenvalue weighted by atomic mass is 16.3. The molecule has 3 fully saturated rings. The highest BCUT2D eigenvalue weighted by molar-refractivity contribution is 5.95. The van der Waals surface area contributed by atoms with E-state index in [4.69, 9.17) is 0 Å². The molecule has 4 aliphatic carbocycles. The summed E-state index contributed by atoms with van der Waals surface area (Å²) in [7, 11) is 0. The van der Waals surface area contributed by atoms with Gasteiger partial charge in [0.05, 0.1) is 35.6 Å². The summed E-state index contributed by atoms with van der Waals surface area (Å²) in [6.07, 6.45) is 0.788. The summed E-state index contributed by atoms with van der Waals surface area (Å²) in [4.78, 5) is 13.3. The van der Waals surface area contributed by atoms with E-state index in [2.05, 4.69) is 6.58 Å². The number of hydrogen-bond acceptors (Lipinski definition) is 7. The van der Waals surface area contributed by atoms with E-state index in [1.54, 1.807) is 26.8 Å². The molecule has 0 radical (unpaired) electrons. The van der Waals surface area contributed by atoms with E-state index in [1.165, 1.54) is 0 Å². The van der Waals surface area contributed by atoms with Gasteiger partial charge in [0, 0.05) is 17.3 Å². The van der Waals surface area contributed by atoms with E-state index < -0.39 is 52.4 Å². The lowest BCUT2D eigenvalue weighted by molar-refractivity contribution is -0.177. The van der Waals surface area contributed by atoms with Gasteiger partial charge in [-0.3, -0.25) is 4.79 Å². The van der Waals surface area contributed by atoms with Crippen molar-refractivity contribution in [3.8, 4) is 0 Å². The first-order valence-corrected chi connectivity index (χ1v) is 13.6. The van der Waals surface area contributed by atoms with Crippen LogP contribution in [0.25, 0.3) is 0 Å². The summed E-state index contributed by atoms with van der Waals surface area (Å²) >= 11 is 0. The lowest BCUT2D eigenvalue weighted by Crippen LogP contribution is -2.63. The molecule has 0 aromatic rings. The number of ketones is 1. The van der Waals surface area contributed by atoms with Crippen LogP contribution in [0.2, 0.25) is 0 Å². The van der Waals surface area contributed by atoms with Crippen molar-refractivity contribution < 1.29 is 35.4 Å². The molecule has 0 aliphatic heterocycles. The van der Waals surface area contributed by atoms with Gasteiger partial charge in [-0.1, -0.05) is 26.0 Å². The fourth-order valence-corrected chi connectivity index (χ4v) is 8.83. The molecule has 0 aromatic heterocycles. The van der Waals surface area contributed by atoms with Crippen molar-refractivity contribution in [2.45, 2.75) is 115 Å². The van der Waals surface area contributed by atoms with Crippen LogP contribution in [0.5, 0.6) is 0 Å². The van der Waals surface area contributed by atoms with E-state index in [-0.39, 0.29) is 36.4 Å². The number of fused-ring (bicyclic) bond motifs is 5. The van der Waals surface area contributed by atoms with Crippen LogP contribution in [0.1, 0.15) is 79.6 Å². The van der Waals surface area contributed by atoms with Gasteiger partial charge in [-0.15, -0.1) is 0 Å². The molecule has 4 aliphatic rings. The van der Waals surface area contributed by atoms with Crippen LogP contribution >= 0.6 is 0 Å². The summed E-state index contributed by atoms with van der Waals surface area (Å²) in [6.45, 7) is 13.0. The highest BCUT2D eigenvalue weighted by Crippen LogP contribution is 2.68. The molecule has 0 saturated heterocycles. The largest absolute Gasteiger partial charge is 0.393 e. The van der Waals surface area contributed by atoms with Crippen molar-refractivity contribution >= 4 is 5.78 Å². The first-order valence-electron chi connectivity index (χ1n) is 13.6. The number of hydrogen-bond donors (Lipinski definition) is 6. The maximum absolute atomic E-state index is 13.3. The molecule has 7 heteroatoms. The van der Waals surface area contributed by atoms with Crippen molar-refractivity contribution in [1.82, 2.24) is 0 Å². The Labute approximate surface area is 214 Å². The normalized spacial score (nSPS) is 46.5. The Morgan fingerprint density at radius 3 is 2.39 bits per heavy atom. The van der Waals surface area contributed by atoms with Crippen LogP contribution < -0.4 is 0 Å². The third-order valence-corrected chi connectivity index (χ3v) is 11.2. The van der Waals surface area contributed by atoms with E-state index in [0.29, 0.717) is 37.7 Å². The lowest BCUT2D eigenvalue weighted by Gasteiger charge is -2.60. The molecule has 0 unspecified atom stereocenters. The SMILES string of the molecule is C=C(C)[C@H](C[C@@H](O)[C@](C)(O)[C@@H]1CC[C@@]2(O)C3=CC(=O)[C@@H]4C[C@@H](O)[C@@H](O)C[C@]4(C)[C@H]3CC[C@]12C)[C@H](C)O. The number of aliphatic hydroxyl groups is 6. The summed E-state index contributed by atoms with van der Waals surface area (Å²) < 4.78 is 0.